The number of esters is 1. The van der Waals surface area contributed by atoms with E-state index < -0.39 is 17.5 Å². The lowest BCUT2D eigenvalue weighted by Crippen LogP contribution is -2.57. The Morgan fingerprint density at radius 3 is 2.47 bits per heavy atom. The summed E-state index contributed by atoms with van der Waals surface area (Å²) in [5.74, 6) is -1.29. The predicted octanol–water partition coefficient (Wildman–Crippen LogP) is 0.636. The standard InChI is InChI=1S/C12H20N2O5/c1-2-19-10(17)4-7-13-11(18)14-12(5-3-6-12)8-9(15)16/h2-8H2,1H3,(H,15,16)(H2,13,14,18). The molecule has 0 aliphatic heterocycles. The van der Waals surface area contributed by atoms with Crippen LogP contribution in [0.5, 0.6) is 0 Å². The predicted molar refractivity (Wildman–Crippen MR) is 66.6 cm³/mol. The molecular formula is C12H20N2O5. The Kier molecular flexibility index (Phi) is 5.59. The molecule has 0 bridgehead atoms. The zero-order valence-electron chi connectivity index (χ0n) is 11.0. The van der Waals surface area contributed by atoms with Crippen LogP contribution in [-0.4, -0.2) is 41.8 Å². The van der Waals surface area contributed by atoms with Crippen molar-refractivity contribution in [3.63, 3.8) is 0 Å². The summed E-state index contributed by atoms with van der Waals surface area (Å²) in [7, 11) is 0. The molecule has 1 fully saturated rings. The smallest absolute Gasteiger partial charge is 0.315 e. The molecule has 7 heteroatoms. The first-order chi connectivity index (χ1) is 8.97. The molecule has 0 unspecified atom stereocenters. The van der Waals surface area contributed by atoms with Crippen molar-refractivity contribution >= 4 is 18.0 Å². The molecule has 7 nitrogen and oxygen atoms in total. The van der Waals surface area contributed by atoms with E-state index >= 15 is 0 Å². The van der Waals surface area contributed by atoms with Gasteiger partial charge in [-0.15, -0.1) is 0 Å². The van der Waals surface area contributed by atoms with E-state index in [1.54, 1.807) is 6.92 Å². The lowest BCUT2D eigenvalue weighted by Gasteiger charge is -2.41. The molecule has 0 radical (unpaired) electrons. The fourth-order valence-corrected chi connectivity index (χ4v) is 2.04. The second-order valence-corrected chi connectivity index (χ2v) is 4.64. The zero-order valence-corrected chi connectivity index (χ0v) is 11.0. The maximum atomic E-state index is 11.6. The Morgan fingerprint density at radius 1 is 1.32 bits per heavy atom. The minimum Gasteiger partial charge on any atom is -0.481 e. The van der Waals surface area contributed by atoms with Crippen LogP contribution >= 0.6 is 0 Å². The highest BCUT2D eigenvalue weighted by Gasteiger charge is 2.40. The number of rotatable bonds is 7. The van der Waals surface area contributed by atoms with Crippen molar-refractivity contribution in [3.05, 3.63) is 0 Å². The third kappa shape index (κ3) is 5.15. The number of carboxylic acid groups (broad SMARTS) is 1. The lowest BCUT2D eigenvalue weighted by molar-refractivity contribution is -0.143. The second-order valence-electron chi connectivity index (χ2n) is 4.64. The van der Waals surface area contributed by atoms with E-state index in [0.717, 1.165) is 6.42 Å². The van der Waals surface area contributed by atoms with Crippen molar-refractivity contribution < 1.29 is 24.2 Å². The van der Waals surface area contributed by atoms with Crippen LogP contribution in [0, 0.1) is 0 Å². The number of carbonyl (C=O) groups is 3. The van der Waals surface area contributed by atoms with Crippen LogP contribution in [-0.2, 0) is 14.3 Å². The van der Waals surface area contributed by atoms with E-state index in [9.17, 15) is 14.4 Å². The van der Waals surface area contributed by atoms with Crippen molar-refractivity contribution in [1.29, 1.82) is 0 Å². The Hall–Kier alpha value is -1.79. The number of carbonyl (C=O) groups excluding carboxylic acids is 2. The van der Waals surface area contributed by atoms with Gasteiger partial charge in [-0.1, -0.05) is 0 Å². The average Bonchev–Trinajstić information content (AvgIpc) is 2.25. The summed E-state index contributed by atoms with van der Waals surface area (Å²) in [6, 6.07) is -0.440. The molecule has 0 spiro atoms. The minimum absolute atomic E-state index is 0.0711. The fourth-order valence-electron chi connectivity index (χ4n) is 2.04. The van der Waals surface area contributed by atoms with Gasteiger partial charge in [0.15, 0.2) is 0 Å². The Balaban J connectivity index is 2.26. The van der Waals surface area contributed by atoms with Crippen LogP contribution in [0.3, 0.4) is 0 Å². The van der Waals surface area contributed by atoms with Gasteiger partial charge >= 0.3 is 18.0 Å². The third-order valence-electron chi connectivity index (χ3n) is 3.10. The summed E-state index contributed by atoms with van der Waals surface area (Å²) in [6.07, 6.45) is 2.29. The third-order valence-corrected chi connectivity index (χ3v) is 3.10. The Labute approximate surface area is 111 Å². The highest BCUT2D eigenvalue weighted by molar-refractivity contribution is 5.77. The quantitative estimate of drug-likeness (QED) is 0.590. The highest BCUT2D eigenvalue weighted by Crippen LogP contribution is 2.34. The first-order valence-corrected chi connectivity index (χ1v) is 6.41. The van der Waals surface area contributed by atoms with Gasteiger partial charge in [0.1, 0.15) is 0 Å². The van der Waals surface area contributed by atoms with Gasteiger partial charge in [-0.3, -0.25) is 9.59 Å². The summed E-state index contributed by atoms with van der Waals surface area (Å²) in [5, 5.41) is 14.0. The number of ether oxygens (including phenoxy) is 1. The van der Waals surface area contributed by atoms with Crippen molar-refractivity contribution in [3.8, 4) is 0 Å². The van der Waals surface area contributed by atoms with E-state index in [1.807, 2.05) is 0 Å². The summed E-state index contributed by atoms with van der Waals surface area (Å²) in [6.45, 7) is 2.20. The fraction of sp³-hybridized carbons (Fsp3) is 0.750. The van der Waals surface area contributed by atoms with Crippen molar-refractivity contribution in [2.24, 2.45) is 0 Å². The van der Waals surface area contributed by atoms with E-state index in [1.165, 1.54) is 0 Å². The topological polar surface area (TPSA) is 105 Å². The van der Waals surface area contributed by atoms with Crippen molar-refractivity contribution in [2.75, 3.05) is 13.2 Å². The number of nitrogens with one attached hydrogen (secondary N) is 2. The molecule has 0 heterocycles. The molecule has 0 aromatic heterocycles. The molecule has 1 aliphatic carbocycles. The van der Waals surface area contributed by atoms with E-state index in [2.05, 4.69) is 10.6 Å². The van der Waals surface area contributed by atoms with Gasteiger partial charge in [0, 0.05) is 6.54 Å². The molecule has 1 aliphatic rings. The molecule has 0 saturated heterocycles. The SMILES string of the molecule is CCOC(=O)CCNC(=O)NC1(CC(=O)O)CCC1. The molecule has 108 valence electrons. The number of amides is 2. The van der Waals surface area contributed by atoms with Crippen molar-refractivity contribution in [2.45, 2.75) is 44.6 Å². The zero-order chi connectivity index (χ0) is 14.3. The normalized spacial score (nSPS) is 16.1. The monoisotopic (exact) mass is 272 g/mol. The van der Waals surface area contributed by atoms with Crippen LogP contribution in [0.1, 0.15) is 39.0 Å². The van der Waals surface area contributed by atoms with Crippen LogP contribution in [0.4, 0.5) is 4.79 Å². The molecule has 2 amide bonds. The maximum absolute atomic E-state index is 11.6. The Morgan fingerprint density at radius 2 is 2.00 bits per heavy atom. The van der Waals surface area contributed by atoms with E-state index in [4.69, 9.17) is 9.84 Å². The van der Waals surface area contributed by atoms with Gasteiger partial charge in [-0.2, -0.15) is 0 Å². The van der Waals surface area contributed by atoms with Crippen LogP contribution in [0.25, 0.3) is 0 Å². The summed E-state index contributed by atoms with van der Waals surface area (Å²) in [4.78, 5) is 33.4. The van der Waals surface area contributed by atoms with Crippen molar-refractivity contribution in [1.82, 2.24) is 10.6 Å². The first-order valence-electron chi connectivity index (χ1n) is 6.41. The average molecular weight is 272 g/mol. The largest absolute Gasteiger partial charge is 0.481 e. The number of carboxylic acids is 1. The van der Waals surface area contributed by atoms with Gasteiger partial charge in [-0.25, -0.2) is 4.79 Å². The Bertz CT molecular complexity index is 352. The summed E-state index contributed by atoms with van der Waals surface area (Å²) in [5.41, 5.74) is -0.625. The molecule has 3 N–H and O–H groups in total. The highest BCUT2D eigenvalue weighted by atomic mass is 16.5. The van der Waals surface area contributed by atoms with Crippen LogP contribution in [0.2, 0.25) is 0 Å². The van der Waals surface area contributed by atoms with Crippen LogP contribution in [0.15, 0.2) is 0 Å². The molecule has 0 aromatic rings. The van der Waals surface area contributed by atoms with Gasteiger partial charge in [0.2, 0.25) is 0 Å². The lowest BCUT2D eigenvalue weighted by atomic mass is 9.74. The first kappa shape index (κ1) is 15.3. The maximum Gasteiger partial charge on any atom is 0.315 e. The van der Waals surface area contributed by atoms with Gasteiger partial charge < -0.3 is 20.5 Å². The molecular weight excluding hydrogens is 252 g/mol. The van der Waals surface area contributed by atoms with Gasteiger partial charge in [0.05, 0.1) is 25.0 Å². The van der Waals surface area contributed by atoms with Gasteiger partial charge in [0.25, 0.3) is 0 Å². The number of hydrogen-bond donors (Lipinski definition) is 3. The molecule has 0 atom stereocenters. The minimum atomic E-state index is -0.925. The summed E-state index contributed by atoms with van der Waals surface area (Å²) >= 11 is 0. The van der Waals surface area contributed by atoms with Gasteiger partial charge in [-0.05, 0) is 26.2 Å². The summed E-state index contributed by atoms with van der Waals surface area (Å²) < 4.78 is 4.72. The molecule has 1 rings (SSSR count). The molecule has 0 aromatic carbocycles. The van der Waals surface area contributed by atoms with E-state index in [0.29, 0.717) is 19.4 Å². The molecule has 19 heavy (non-hydrogen) atoms. The molecule has 1 saturated carbocycles. The van der Waals surface area contributed by atoms with E-state index in [-0.39, 0.29) is 25.4 Å². The number of hydrogen-bond acceptors (Lipinski definition) is 4. The number of urea groups is 1. The second kappa shape index (κ2) is 6.96. The van der Waals surface area contributed by atoms with Crippen LogP contribution < -0.4 is 10.6 Å². The number of aliphatic carboxylic acids is 1.